The molecule has 1 aromatic carbocycles. The number of nitrogens with two attached hydrogens (primary N) is 1. The number of carbonyl (C=O) groups excluding carboxylic acids is 1. The molecule has 1 rings (SSSR count). The van der Waals surface area contributed by atoms with Crippen LogP contribution in [0.1, 0.15) is 30.6 Å². The number of hydrogen-bond donors (Lipinski definition) is 3. The summed E-state index contributed by atoms with van der Waals surface area (Å²) in [7, 11) is 1.60. The van der Waals surface area contributed by atoms with E-state index in [9.17, 15) is 4.79 Å². The number of hydrogen-bond acceptors (Lipinski definition) is 5. The molecule has 0 spiro atoms. The number of amides is 1. The third kappa shape index (κ3) is 6.78. The predicted molar refractivity (Wildman–Crippen MR) is 89.3 cm³/mol. The number of nitrogen functional groups attached to an aromatic ring is 1. The summed E-state index contributed by atoms with van der Waals surface area (Å²) in [6, 6.07) is 5.28. The number of nitrogens with one attached hydrogen (secondary N) is 2. The lowest BCUT2D eigenvalue weighted by molar-refractivity contribution is 0.0787. The summed E-state index contributed by atoms with van der Waals surface area (Å²) in [5.41, 5.74) is 7.65. The molecule has 6 heteroatoms. The average molecular weight is 309 g/mol. The monoisotopic (exact) mass is 309 g/mol. The van der Waals surface area contributed by atoms with Crippen molar-refractivity contribution in [3.63, 3.8) is 0 Å². The van der Waals surface area contributed by atoms with E-state index in [2.05, 4.69) is 10.6 Å². The Morgan fingerprint density at radius 3 is 2.73 bits per heavy atom. The van der Waals surface area contributed by atoms with Gasteiger partial charge >= 0.3 is 0 Å². The van der Waals surface area contributed by atoms with Crippen molar-refractivity contribution < 1.29 is 14.3 Å². The maximum atomic E-state index is 12.2. The molecule has 22 heavy (non-hydrogen) atoms. The third-order valence-corrected chi connectivity index (χ3v) is 2.97. The van der Waals surface area contributed by atoms with E-state index in [4.69, 9.17) is 15.2 Å². The number of anilines is 2. The molecule has 0 aromatic heterocycles. The Labute approximate surface area is 132 Å². The molecule has 124 valence electrons. The Hall–Kier alpha value is -1.79. The van der Waals surface area contributed by atoms with Crippen LogP contribution in [0, 0.1) is 0 Å². The van der Waals surface area contributed by atoms with Gasteiger partial charge in [-0.15, -0.1) is 0 Å². The Bertz CT molecular complexity index is 464. The van der Waals surface area contributed by atoms with Crippen LogP contribution in [0.4, 0.5) is 11.4 Å². The zero-order chi connectivity index (χ0) is 16.4. The molecule has 0 atom stereocenters. The SMILES string of the molecule is COCCNC(=O)c1cc(N)ccc1NCCCOC(C)C. The van der Waals surface area contributed by atoms with E-state index in [1.165, 1.54) is 0 Å². The van der Waals surface area contributed by atoms with Crippen molar-refractivity contribution in [3.05, 3.63) is 23.8 Å². The highest BCUT2D eigenvalue weighted by atomic mass is 16.5. The van der Waals surface area contributed by atoms with E-state index in [0.717, 1.165) is 18.7 Å². The lowest BCUT2D eigenvalue weighted by Crippen LogP contribution is -2.28. The fraction of sp³-hybridized carbons (Fsp3) is 0.562. The highest BCUT2D eigenvalue weighted by Gasteiger charge is 2.11. The first-order valence-corrected chi connectivity index (χ1v) is 7.56. The van der Waals surface area contributed by atoms with E-state index >= 15 is 0 Å². The summed E-state index contributed by atoms with van der Waals surface area (Å²) in [6.45, 7) is 6.38. The number of ether oxygens (including phenoxy) is 2. The van der Waals surface area contributed by atoms with Crippen molar-refractivity contribution in [1.29, 1.82) is 0 Å². The molecule has 0 saturated heterocycles. The van der Waals surface area contributed by atoms with E-state index < -0.39 is 0 Å². The van der Waals surface area contributed by atoms with E-state index in [1.807, 2.05) is 19.9 Å². The van der Waals surface area contributed by atoms with Gasteiger partial charge in [0.25, 0.3) is 5.91 Å². The zero-order valence-corrected chi connectivity index (χ0v) is 13.6. The van der Waals surface area contributed by atoms with Crippen LogP contribution in [0.3, 0.4) is 0 Å². The van der Waals surface area contributed by atoms with E-state index in [-0.39, 0.29) is 12.0 Å². The summed E-state index contributed by atoms with van der Waals surface area (Å²) in [5.74, 6) is -0.162. The number of carbonyl (C=O) groups is 1. The van der Waals surface area contributed by atoms with Gasteiger partial charge in [-0.25, -0.2) is 0 Å². The standard InChI is InChI=1S/C16H27N3O3/c1-12(2)22-9-4-7-18-15-6-5-13(17)11-14(15)16(20)19-8-10-21-3/h5-6,11-12,18H,4,7-10,17H2,1-3H3,(H,19,20). The largest absolute Gasteiger partial charge is 0.399 e. The van der Waals surface area contributed by atoms with Crippen LogP contribution in [-0.4, -0.2) is 45.4 Å². The fourth-order valence-corrected chi connectivity index (χ4v) is 1.88. The zero-order valence-electron chi connectivity index (χ0n) is 13.6. The van der Waals surface area contributed by atoms with Gasteiger partial charge in [-0.3, -0.25) is 4.79 Å². The molecule has 0 aliphatic carbocycles. The van der Waals surface area contributed by atoms with Crippen molar-refractivity contribution in [2.75, 3.05) is 44.5 Å². The summed E-state index contributed by atoms with van der Waals surface area (Å²) in [5, 5.41) is 6.06. The molecule has 6 nitrogen and oxygen atoms in total. The molecule has 0 bridgehead atoms. The molecule has 0 heterocycles. The molecular weight excluding hydrogens is 282 g/mol. The number of methoxy groups -OCH3 is 1. The summed E-state index contributed by atoms with van der Waals surface area (Å²) in [6.07, 6.45) is 1.10. The minimum Gasteiger partial charge on any atom is -0.399 e. The smallest absolute Gasteiger partial charge is 0.253 e. The Morgan fingerprint density at radius 1 is 1.27 bits per heavy atom. The van der Waals surface area contributed by atoms with E-state index in [0.29, 0.717) is 31.0 Å². The fourth-order valence-electron chi connectivity index (χ4n) is 1.88. The first-order chi connectivity index (χ1) is 10.5. The molecule has 0 aliphatic rings. The van der Waals surface area contributed by atoms with Gasteiger partial charge in [-0.1, -0.05) is 0 Å². The van der Waals surface area contributed by atoms with Crippen LogP contribution in [0.2, 0.25) is 0 Å². The van der Waals surface area contributed by atoms with Crippen LogP contribution >= 0.6 is 0 Å². The topological polar surface area (TPSA) is 85.6 Å². The van der Waals surface area contributed by atoms with Crippen molar-refractivity contribution in [3.8, 4) is 0 Å². The van der Waals surface area contributed by atoms with Gasteiger partial charge in [0.1, 0.15) is 0 Å². The van der Waals surface area contributed by atoms with Crippen LogP contribution in [0.5, 0.6) is 0 Å². The molecule has 0 radical (unpaired) electrons. The van der Waals surface area contributed by atoms with Gasteiger partial charge in [-0.05, 0) is 38.5 Å². The second kappa shape index (κ2) is 10.0. The van der Waals surface area contributed by atoms with Crippen LogP contribution in [-0.2, 0) is 9.47 Å². The Balaban J connectivity index is 2.56. The average Bonchev–Trinajstić information content (AvgIpc) is 2.48. The van der Waals surface area contributed by atoms with Gasteiger partial charge in [0.05, 0.1) is 18.3 Å². The molecule has 1 aromatic rings. The van der Waals surface area contributed by atoms with Crippen molar-refractivity contribution in [1.82, 2.24) is 5.32 Å². The highest BCUT2D eigenvalue weighted by Crippen LogP contribution is 2.19. The quantitative estimate of drug-likeness (QED) is 0.454. The van der Waals surface area contributed by atoms with Crippen molar-refractivity contribution >= 4 is 17.3 Å². The van der Waals surface area contributed by atoms with Gasteiger partial charge in [-0.2, -0.15) is 0 Å². The molecule has 1 amide bonds. The third-order valence-electron chi connectivity index (χ3n) is 2.97. The normalized spacial score (nSPS) is 10.7. The van der Waals surface area contributed by atoms with Gasteiger partial charge in [0, 0.05) is 38.2 Å². The first kappa shape index (κ1) is 18.3. The second-order valence-electron chi connectivity index (χ2n) is 5.25. The lowest BCUT2D eigenvalue weighted by atomic mass is 10.1. The summed E-state index contributed by atoms with van der Waals surface area (Å²) in [4.78, 5) is 12.2. The molecule has 0 fully saturated rings. The molecule has 0 saturated carbocycles. The van der Waals surface area contributed by atoms with Crippen molar-refractivity contribution in [2.24, 2.45) is 0 Å². The Morgan fingerprint density at radius 2 is 2.05 bits per heavy atom. The predicted octanol–water partition coefficient (Wildman–Crippen LogP) is 1.87. The van der Waals surface area contributed by atoms with Crippen LogP contribution in [0.25, 0.3) is 0 Å². The van der Waals surface area contributed by atoms with Gasteiger partial charge in [0.2, 0.25) is 0 Å². The van der Waals surface area contributed by atoms with E-state index in [1.54, 1.807) is 19.2 Å². The first-order valence-electron chi connectivity index (χ1n) is 7.56. The summed E-state index contributed by atoms with van der Waals surface area (Å²) < 4.78 is 10.4. The van der Waals surface area contributed by atoms with Crippen LogP contribution in [0.15, 0.2) is 18.2 Å². The Kier molecular flexibility index (Phi) is 8.32. The second-order valence-corrected chi connectivity index (χ2v) is 5.25. The summed E-state index contributed by atoms with van der Waals surface area (Å²) >= 11 is 0. The maximum absolute atomic E-state index is 12.2. The number of rotatable bonds is 10. The highest BCUT2D eigenvalue weighted by molar-refractivity contribution is 6.00. The molecule has 0 aliphatic heterocycles. The van der Waals surface area contributed by atoms with Crippen LogP contribution < -0.4 is 16.4 Å². The number of benzene rings is 1. The lowest BCUT2D eigenvalue weighted by Gasteiger charge is -2.13. The molecule has 4 N–H and O–H groups in total. The molecule has 0 unspecified atom stereocenters. The minimum atomic E-state index is -0.162. The minimum absolute atomic E-state index is 0.162. The van der Waals surface area contributed by atoms with Gasteiger partial charge < -0.3 is 25.8 Å². The molecular formula is C16H27N3O3. The van der Waals surface area contributed by atoms with Crippen molar-refractivity contribution in [2.45, 2.75) is 26.4 Å². The maximum Gasteiger partial charge on any atom is 0.253 e. The van der Waals surface area contributed by atoms with Gasteiger partial charge in [0.15, 0.2) is 0 Å².